The highest BCUT2D eigenvalue weighted by atomic mass is 35.5. The average Bonchev–Trinajstić information content (AvgIpc) is 2.93. The summed E-state index contributed by atoms with van der Waals surface area (Å²) < 4.78 is 26.5. The Hall–Kier alpha value is -2.47. The molecule has 1 heterocycles. The van der Waals surface area contributed by atoms with Gasteiger partial charge < -0.3 is 10.2 Å². The van der Waals surface area contributed by atoms with Gasteiger partial charge in [0.05, 0.1) is 11.6 Å². The van der Waals surface area contributed by atoms with Crippen LogP contribution >= 0.6 is 11.6 Å². The maximum absolute atomic E-state index is 13.6. The first-order valence-corrected chi connectivity index (χ1v) is 8.09. The lowest BCUT2D eigenvalue weighted by molar-refractivity contribution is -0.128. The third-order valence-electron chi connectivity index (χ3n) is 4.09. The van der Waals surface area contributed by atoms with Gasteiger partial charge in [-0.1, -0.05) is 29.8 Å². The van der Waals surface area contributed by atoms with Gasteiger partial charge in [0.2, 0.25) is 11.8 Å². The summed E-state index contributed by atoms with van der Waals surface area (Å²) in [7, 11) is 0. The topological polar surface area (TPSA) is 49.4 Å². The number of hydrogen-bond donors (Lipinski definition) is 1. The van der Waals surface area contributed by atoms with E-state index in [0.717, 1.165) is 17.7 Å². The van der Waals surface area contributed by atoms with Crippen molar-refractivity contribution in [2.45, 2.75) is 13.0 Å². The Morgan fingerprint density at radius 3 is 2.72 bits per heavy atom. The molecule has 0 saturated carbocycles. The van der Waals surface area contributed by atoms with Crippen molar-refractivity contribution < 1.29 is 18.4 Å². The lowest BCUT2D eigenvalue weighted by atomic mass is 10.1. The number of hydrogen-bond acceptors (Lipinski definition) is 2. The molecule has 3 rings (SSSR count). The molecule has 25 heavy (non-hydrogen) atoms. The van der Waals surface area contributed by atoms with Gasteiger partial charge in [-0.3, -0.25) is 9.59 Å². The molecule has 7 heteroatoms. The van der Waals surface area contributed by atoms with E-state index in [4.69, 9.17) is 11.6 Å². The summed E-state index contributed by atoms with van der Waals surface area (Å²) in [6.07, 6.45) is 0.0408. The number of nitrogens with zero attached hydrogens (tertiary/aromatic N) is 1. The van der Waals surface area contributed by atoms with Crippen molar-refractivity contribution in [1.29, 1.82) is 0 Å². The zero-order chi connectivity index (χ0) is 18.0. The van der Waals surface area contributed by atoms with Gasteiger partial charge in [0.1, 0.15) is 11.6 Å². The third-order valence-corrected chi connectivity index (χ3v) is 4.46. The molecule has 1 fully saturated rings. The minimum atomic E-state index is -0.856. The number of anilines is 1. The highest BCUT2D eigenvalue weighted by Gasteiger charge is 2.34. The van der Waals surface area contributed by atoms with Crippen LogP contribution in [0, 0.1) is 17.6 Å². The van der Waals surface area contributed by atoms with E-state index < -0.39 is 23.5 Å². The van der Waals surface area contributed by atoms with E-state index in [1.54, 1.807) is 17.0 Å². The van der Waals surface area contributed by atoms with E-state index >= 15 is 0 Å². The summed E-state index contributed by atoms with van der Waals surface area (Å²) in [5.41, 5.74) is 0.687. The average molecular weight is 365 g/mol. The Kier molecular flexibility index (Phi) is 4.99. The Morgan fingerprint density at radius 2 is 2.00 bits per heavy atom. The molecule has 4 nitrogen and oxygen atoms in total. The van der Waals surface area contributed by atoms with Gasteiger partial charge in [0.15, 0.2) is 0 Å². The molecule has 1 atom stereocenters. The molecule has 1 aliphatic heterocycles. The molecule has 1 aliphatic rings. The number of likely N-dealkylation sites (tertiary alicyclic amines) is 1. The number of rotatable bonds is 4. The van der Waals surface area contributed by atoms with Crippen LogP contribution < -0.4 is 5.32 Å². The third kappa shape index (κ3) is 3.96. The van der Waals surface area contributed by atoms with Crippen LogP contribution in [0.2, 0.25) is 5.02 Å². The van der Waals surface area contributed by atoms with Crippen molar-refractivity contribution >= 4 is 29.1 Å². The zero-order valence-electron chi connectivity index (χ0n) is 13.1. The zero-order valence-corrected chi connectivity index (χ0v) is 13.9. The van der Waals surface area contributed by atoms with Crippen molar-refractivity contribution in [2.75, 3.05) is 11.9 Å². The number of carbonyl (C=O) groups excluding carboxylic acids is 2. The summed E-state index contributed by atoms with van der Waals surface area (Å²) >= 11 is 6.10. The van der Waals surface area contributed by atoms with Crippen LogP contribution in [0.4, 0.5) is 14.5 Å². The van der Waals surface area contributed by atoms with Gasteiger partial charge in [-0.25, -0.2) is 8.78 Å². The van der Waals surface area contributed by atoms with Gasteiger partial charge in [-0.05, 0) is 23.8 Å². The lowest BCUT2D eigenvalue weighted by Gasteiger charge is -2.17. The molecular weight excluding hydrogens is 350 g/mol. The SMILES string of the molecule is O=C(Nc1ccc(F)cc1F)C1CC(=O)N(Cc2ccccc2Cl)C1. The first-order chi connectivity index (χ1) is 11.9. The van der Waals surface area contributed by atoms with Gasteiger partial charge in [-0.2, -0.15) is 0 Å². The predicted molar refractivity (Wildman–Crippen MR) is 90.0 cm³/mol. The smallest absolute Gasteiger partial charge is 0.229 e. The molecule has 1 unspecified atom stereocenters. The quantitative estimate of drug-likeness (QED) is 0.901. The van der Waals surface area contributed by atoms with Gasteiger partial charge in [0.25, 0.3) is 0 Å². The molecule has 0 spiro atoms. The van der Waals surface area contributed by atoms with Crippen LogP contribution in [0.3, 0.4) is 0 Å². The second kappa shape index (κ2) is 7.19. The number of nitrogens with one attached hydrogen (secondary N) is 1. The molecule has 0 bridgehead atoms. The Labute approximate surface area is 148 Å². The van der Waals surface area contributed by atoms with Gasteiger partial charge in [-0.15, -0.1) is 0 Å². The van der Waals surface area contributed by atoms with Gasteiger partial charge in [0, 0.05) is 30.6 Å². The summed E-state index contributed by atoms with van der Waals surface area (Å²) in [4.78, 5) is 26.0. The number of benzene rings is 2. The van der Waals surface area contributed by atoms with E-state index in [1.165, 1.54) is 0 Å². The highest BCUT2D eigenvalue weighted by Crippen LogP contribution is 2.25. The van der Waals surface area contributed by atoms with Crippen LogP contribution in [-0.2, 0) is 16.1 Å². The van der Waals surface area contributed by atoms with Crippen LogP contribution in [0.25, 0.3) is 0 Å². The second-order valence-corrected chi connectivity index (χ2v) is 6.29. The minimum absolute atomic E-state index is 0.0408. The first-order valence-electron chi connectivity index (χ1n) is 7.71. The summed E-state index contributed by atoms with van der Waals surface area (Å²) in [6, 6.07) is 10.1. The molecule has 1 saturated heterocycles. The van der Waals surface area contributed by atoms with E-state index in [-0.39, 0.29) is 24.6 Å². The van der Waals surface area contributed by atoms with Crippen LogP contribution in [-0.4, -0.2) is 23.3 Å². The monoisotopic (exact) mass is 364 g/mol. The van der Waals surface area contributed by atoms with Gasteiger partial charge >= 0.3 is 0 Å². The van der Waals surface area contributed by atoms with Crippen molar-refractivity contribution in [3.8, 4) is 0 Å². The Balaban J connectivity index is 1.65. The molecule has 2 amide bonds. The van der Waals surface area contributed by atoms with E-state index in [2.05, 4.69) is 5.32 Å². The molecule has 0 aromatic heterocycles. The van der Waals surface area contributed by atoms with Crippen LogP contribution in [0.15, 0.2) is 42.5 Å². The normalized spacial score (nSPS) is 17.0. The molecule has 1 N–H and O–H groups in total. The highest BCUT2D eigenvalue weighted by molar-refractivity contribution is 6.31. The van der Waals surface area contributed by atoms with Crippen LogP contribution in [0.1, 0.15) is 12.0 Å². The maximum Gasteiger partial charge on any atom is 0.229 e. The molecule has 0 aliphatic carbocycles. The fourth-order valence-corrected chi connectivity index (χ4v) is 2.95. The van der Waals surface area contributed by atoms with E-state index in [0.29, 0.717) is 17.6 Å². The largest absolute Gasteiger partial charge is 0.337 e. The van der Waals surface area contributed by atoms with Crippen molar-refractivity contribution in [3.05, 3.63) is 64.7 Å². The minimum Gasteiger partial charge on any atom is -0.337 e. The molecular formula is C18H15ClF2N2O2. The first kappa shape index (κ1) is 17.4. The predicted octanol–water partition coefficient (Wildman–Crippen LogP) is 3.61. The molecule has 0 radical (unpaired) electrons. The summed E-state index contributed by atoms with van der Waals surface area (Å²) in [5.74, 6) is -2.82. The standard InChI is InChI=1S/C18H15ClF2N2O2/c19-14-4-2-1-3-11(14)9-23-10-12(7-17(23)24)18(25)22-16-6-5-13(20)8-15(16)21/h1-6,8,12H,7,9-10H2,(H,22,25). The Bertz CT molecular complexity index is 828. The molecule has 130 valence electrons. The van der Waals surface area contributed by atoms with Crippen molar-refractivity contribution in [1.82, 2.24) is 4.90 Å². The molecule has 2 aromatic carbocycles. The van der Waals surface area contributed by atoms with Crippen molar-refractivity contribution in [3.63, 3.8) is 0 Å². The maximum atomic E-state index is 13.6. The van der Waals surface area contributed by atoms with E-state index in [1.807, 2.05) is 12.1 Å². The fraction of sp³-hybridized carbons (Fsp3) is 0.222. The fourth-order valence-electron chi connectivity index (χ4n) is 2.76. The number of carbonyl (C=O) groups is 2. The van der Waals surface area contributed by atoms with E-state index in [9.17, 15) is 18.4 Å². The summed E-state index contributed by atoms with van der Waals surface area (Å²) in [5, 5.41) is 2.96. The van der Waals surface area contributed by atoms with Crippen molar-refractivity contribution in [2.24, 2.45) is 5.92 Å². The second-order valence-electron chi connectivity index (χ2n) is 5.88. The summed E-state index contributed by atoms with van der Waals surface area (Å²) in [6.45, 7) is 0.534. The number of amides is 2. The lowest BCUT2D eigenvalue weighted by Crippen LogP contribution is -2.28. The van der Waals surface area contributed by atoms with Crippen LogP contribution in [0.5, 0.6) is 0 Å². The Morgan fingerprint density at radius 1 is 1.24 bits per heavy atom. The number of halogens is 3. The molecule has 2 aromatic rings.